The summed E-state index contributed by atoms with van der Waals surface area (Å²) in [4.78, 5) is 26.1. The van der Waals surface area contributed by atoms with Gasteiger partial charge in [-0.3, -0.25) is 4.79 Å². The van der Waals surface area contributed by atoms with Crippen LogP contribution < -0.4 is 9.64 Å². The molecule has 0 unspecified atom stereocenters. The van der Waals surface area contributed by atoms with Gasteiger partial charge in [-0.25, -0.2) is 4.98 Å². The normalized spacial score (nSPS) is 23.1. The molecule has 3 N–H and O–H groups in total. The van der Waals surface area contributed by atoms with Gasteiger partial charge in [0, 0.05) is 24.3 Å². The zero-order valence-electron chi connectivity index (χ0n) is 20.0. The molecular weight excluding hydrogens is 468 g/mol. The smallest absolute Gasteiger partial charge is 0.309 e. The molecule has 2 fully saturated rings. The highest BCUT2D eigenvalue weighted by Crippen LogP contribution is 2.39. The highest BCUT2D eigenvalue weighted by atomic mass is 35.5. The van der Waals surface area contributed by atoms with E-state index in [0.717, 1.165) is 49.9 Å². The quantitative estimate of drug-likeness (QED) is 0.443. The van der Waals surface area contributed by atoms with Gasteiger partial charge in [0.05, 0.1) is 27.8 Å². The number of aromatic amines is 1. The highest BCUT2D eigenvalue weighted by molar-refractivity contribution is 6.33. The Morgan fingerprint density at radius 3 is 2.49 bits per heavy atom. The van der Waals surface area contributed by atoms with Gasteiger partial charge < -0.3 is 24.8 Å². The van der Waals surface area contributed by atoms with Gasteiger partial charge in [0.25, 0.3) is 6.01 Å². The molecule has 0 amide bonds. The fraction of sp³-hybridized carbons (Fsp3) is 0.500. The zero-order valence-corrected chi connectivity index (χ0v) is 20.8. The molecule has 1 aliphatic heterocycles. The summed E-state index contributed by atoms with van der Waals surface area (Å²) in [5.41, 5.74) is 3.13. The van der Waals surface area contributed by atoms with E-state index in [1.54, 1.807) is 13.8 Å². The molecule has 1 aliphatic carbocycles. The van der Waals surface area contributed by atoms with Crippen LogP contribution in [0, 0.1) is 11.3 Å². The van der Waals surface area contributed by atoms with Gasteiger partial charge in [-0.15, -0.1) is 0 Å². The monoisotopic (exact) mass is 498 g/mol. The van der Waals surface area contributed by atoms with Crippen molar-refractivity contribution in [2.24, 2.45) is 11.3 Å². The lowest BCUT2D eigenvalue weighted by atomic mass is 9.70. The second-order valence-corrected chi connectivity index (χ2v) is 10.7. The number of nitrogens with zero attached hydrogens (tertiary/aromatic N) is 3. The minimum atomic E-state index is -0.748. The lowest BCUT2D eigenvalue weighted by Gasteiger charge is -2.36. The topological polar surface area (TPSA) is 112 Å². The first-order valence-corrected chi connectivity index (χ1v) is 12.6. The van der Waals surface area contributed by atoms with E-state index in [9.17, 15) is 15.0 Å². The average molecular weight is 499 g/mol. The van der Waals surface area contributed by atoms with Crippen LogP contribution in [-0.2, 0) is 4.79 Å². The molecule has 0 spiro atoms. The minimum absolute atomic E-state index is 0.0111. The molecule has 8 nitrogen and oxygen atoms in total. The van der Waals surface area contributed by atoms with Crippen LogP contribution in [0.4, 0.5) is 5.69 Å². The van der Waals surface area contributed by atoms with Crippen LogP contribution in [0.3, 0.4) is 0 Å². The van der Waals surface area contributed by atoms with Crippen LogP contribution in [0.2, 0.25) is 5.02 Å². The third kappa shape index (κ3) is 4.82. The van der Waals surface area contributed by atoms with Crippen LogP contribution in [-0.4, -0.2) is 56.4 Å². The summed E-state index contributed by atoms with van der Waals surface area (Å²) >= 11 is 6.57. The Hall–Kier alpha value is -2.84. The van der Waals surface area contributed by atoms with Gasteiger partial charge in [-0.2, -0.15) is 4.98 Å². The average Bonchev–Trinajstić information content (AvgIpc) is 3.44. The SMILES string of the molecule is CC(C)(C(=O)O)[C@H]1CC[C@H](Oc2nc3nc(-c4ccc(N5CC[C@@H](O)C5)cc4)c(Cl)cc3[nH]2)CC1. The number of hydrogen-bond donors (Lipinski definition) is 3. The number of fused-ring (bicyclic) bond motifs is 1. The van der Waals surface area contributed by atoms with E-state index in [2.05, 4.69) is 19.9 Å². The second kappa shape index (κ2) is 9.32. The van der Waals surface area contributed by atoms with Crippen LogP contribution in [0.5, 0.6) is 6.01 Å². The summed E-state index contributed by atoms with van der Waals surface area (Å²) in [6.07, 6.45) is 3.71. The van der Waals surface area contributed by atoms with Crippen molar-refractivity contribution >= 4 is 34.4 Å². The fourth-order valence-electron chi connectivity index (χ4n) is 5.20. The van der Waals surface area contributed by atoms with Crippen molar-refractivity contribution in [1.82, 2.24) is 15.0 Å². The number of pyridine rings is 1. The Labute approximate surface area is 209 Å². The number of aliphatic carboxylic acids is 1. The number of aromatic nitrogens is 3. The third-order valence-electron chi connectivity index (χ3n) is 7.60. The number of carboxylic acids is 1. The molecular formula is C26H31ClN4O4. The summed E-state index contributed by atoms with van der Waals surface area (Å²) in [6.45, 7) is 5.11. The number of ether oxygens (including phenoxy) is 1. The van der Waals surface area contributed by atoms with E-state index < -0.39 is 11.4 Å². The van der Waals surface area contributed by atoms with Crippen molar-refractivity contribution in [2.75, 3.05) is 18.0 Å². The van der Waals surface area contributed by atoms with Crippen LogP contribution >= 0.6 is 11.6 Å². The number of aliphatic hydroxyl groups is 1. The predicted octanol–water partition coefficient (Wildman–Crippen LogP) is 4.90. The molecule has 1 aromatic carbocycles. The first-order valence-electron chi connectivity index (χ1n) is 12.2. The minimum Gasteiger partial charge on any atom is -0.481 e. The number of aliphatic hydroxyl groups excluding tert-OH is 1. The molecule has 1 atom stereocenters. The number of imidazole rings is 1. The number of benzene rings is 1. The molecule has 3 aromatic rings. The van der Waals surface area contributed by atoms with E-state index in [-0.39, 0.29) is 18.1 Å². The first kappa shape index (κ1) is 23.9. The molecule has 1 saturated heterocycles. The van der Waals surface area contributed by atoms with Crippen LogP contribution in [0.15, 0.2) is 30.3 Å². The van der Waals surface area contributed by atoms with Crippen LogP contribution in [0.25, 0.3) is 22.4 Å². The van der Waals surface area contributed by atoms with Gasteiger partial charge in [-0.05, 0) is 70.1 Å². The van der Waals surface area contributed by atoms with Crippen molar-refractivity contribution < 1.29 is 19.7 Å². The zero-order chi connectivity index (χ0) is 24.7. The van der Waals surface area contributed by atoms with E-state index in [0.29, 0.717) is 34.4 Å². The second-order valence-electron chi connectivity index (χ2n) is 10.3. The molecule has 9 heteroatoms. The molecule has 0 bridgehead atoms. The predicted molar refractivity (Wildman–Crippen MR) is 135 cm³/mol. The number of β-amino-alcohol motifs (C(OH)–C–C–N with tert-alkyl or cyclic N) is 1. The standard InChI is InChI=1S/C26H31ClN4O4/c1-26(2,24(33)34)16-5-9-19(10-6-16)35-25-28-21-13-20(27)22(29-23(21)30-25)15-3-7-17(8-4-15)31-12-11-18(32)14-31/h3-4,7-8,13,16,18-19,32H,5-6,9-12,14H2,1-2H3,(H,33,34)(H,28,29,30)/t16-,18-,19-/m1/s1. The Balaban J connectivity index is 1.28. The van der Waals surface area contributed by atoms with E-state index in [4.69, 9.17) is 16.3 Å². The van der Waals surface area contributed by atoms with Crippen molar-refractivity contribution in [3.8, 4) is 17.3 Å². The summed E-state index contributed by atoms with van der Waals surface area (Å²) in [7, 11) is 0. The summed E-state index contributed by atoms with van der Waals surface area (Å²) < 4.78 is 6.11. The summed E-state index contributed by atoms with van der Waals surface area (Å²) in [5.74, 6) is -0.608. The lowest BCUT2D eigenvalue weighted by Crippen LogP contribution is -2.37. The fourth-order valence-corrected chi connectivity index (χ4v) is 5.46. The maximum atomic E-state index is 11.6. The number of nitrogens with one attached hydrogen (secondary N) is 1. The Kier molecular flexibility index (Phi) is 6.36. The first-order chi connectivity index (χ1) is 16.7. The number of hydrogen-bond acceptors (Lipinski definition) is 6. The van der Waals surface area contributed by atoms with Crippen molar-refractivity contribution in [3.63, 3.8) is 0 Å². The molecule has 2 aliphatic rings. The number of carbonyl (C=O) groups is 1. The number of halogens is 1. The number of anilines is 1. The molecule has 186 valence electrons. The van der Waals surface area contributed by atoms with Gasteiger partial charge in [-0.1, -0.05) is 23.7 Å². The Bertz CT molecular complexity index is 1220. The van der Waals surface area contributed by atoms with Gasteiger partial charge in [0.1, 0.15) is 6.10 Å². The van der Waals surface area contributed by atoms with Crippen molar-refractivity contribution in [3.05, 3.63) is 35.4 Å². The largest absolute Gasteiger partial charge is 0.481 e. The van der Waals surface area contributed by atoms with E-state index in [1.807, 2.05) is 30.3 Å². The van der Waals surface area contributed by atoms with Gasteiger partial charge in [0.15, 0.2) is 5.65 Å². The molecule has 1 saturated carbocycles. The number of H-pyrrole nitrogens is 1. The molecule has 3 heterocycles. The third-order valence-corrected chi connectivity index (χ3v) is 7.89. The van der Waals surface area contributed by atoms with Crippen LogP contribution in [0.1, 0.15) is 46.0 Å². The van der Waals surface area contributed by atoms with Crippen molar-refractivity contribution in [1.29, 1.82) is 0 Å². The Morgan fingerprint density at radius 1 is 1.14 bits per heavy atom. The number of rotatable bonds is 6. The van der Waals surface area contributed by atoms with E-state index >= 15 is 0 Å². The lowest BCUT2D eigenvalue weighted by molar-refractivity contribution is -0.151. The molecule has 2 aromatic heterocycles. The maximum absolute atomic E-state index is 11.6. The Morgan fingerprint density at radius 2 is 1.86 bits per heavy atom. The van der Waals surface area contributed by atoms with Crippen molar-refractivity contribution in [2.45, 2.75) is 58.2 Å². The number of carboxylic acid groups (broad SMARTS) is 1. The molecule has 35 heavy (non-hydrogen) atoms. The van der Waals surface area contributed by atoms with E-state index in [1.165, 1.54) is 0 Å². The summed E-state index contributed by atoms with van der Waals surface area (Å²) in [6, 6.07) is 10.2. The molecule has 5 rings (SSSR count). The molecule has 0 radical (unpaired) electrons. The highest BCUT2D eigenvalue weighted by Gasteiger charge is 2.39. The maximum Gasteiger partial charge on any atom is 0.309 e. The van der Waals surface area contributed by atoms with Gasteiger partial charge in [0.2, 0.25) is 0 Å². The van der Waals surface area contributed by atoms with Gasteiger partial charge >= 0.3 is 5.97 Å². The summed E-state index contributed by atoms with van der Waals surface area (Å²) in [5, 5.41) is 19.8.